The lowest BCUT2D eigenvalue weighted by Gasteiger charge is -2.13. The van der Waals surface area contributed by atoms with Crippen LogP contribution in [0.2, 0.25) is 0 Å². The highest BCUT2D eigenvalue weighted by molar-refractivity contribution is 8.14. The molecular formula is C14H22OS2. The van der Waals surface area contributed by atoms with Crippen LogP contribution in [0.3, 0.4) is 0 Å². The van der Waals surface area contributed by atoms with Crippen molar-refractivity contribution in [1.82, 2.24) is 0 Å². The highest BCUT2D eigenvalue weighted by Crippen LogP contribution is 2.26. The van der Waals surface area contributed by atoms with Crippen LogP contribution >= 0.6 is 23.5 Å². The molecule has 0 fully saturated rings. The molecule has 3 heteroatoms. The van der Waals surface area contributed by atoms with E-state index in [9.17, 15) is 4.79 Å². The van der Waals surface area contributed by atoms with Crippen LogP contribution in [0.5, 0.6) is 0 Å². The van der Waals surface area contributed by atoms with Gasteiger partial charge >= 0.3 is 0 Å². The molecule has 2 unspecified atom stereocenters. The van der Waals surface area contributed by atoms with Gasteiger partial charge in [0.05, 0.1) is 0 Å². The topological polar surface area (TPSA) is 17.1 Å². The number of rotatable bonds is 9. The van der Waals surface area contributed by atoms with Gasteiger partial charge in [0.25, 0.3) is 0 Å². The molecule has 0 aromatic heterocycles. The van der Waals surface area contributed by atoms with E-state index >= 15 is 0 Å². The minimum Gasteiger partial charge on any atom is -0.282 e. The lowest BCUT2D eigenvalue weighted by Crippen LogP contribution is -2.03. The molecule has 96 valence electrons. The maximum absolute atomic E-state index is 11.1. The van der Waals surface area contributed by atoms with E-state index in [0.717, 1.165) is 24.2 Å². The summed E-state index contributed by atoms with van der Waals surface area (Å²) in [4.78, 5) is 12.2. The first-order chi connectivity index (χ1) is 7.99. The summed E-state index contributed by atoms with van der Waals surface area (Å²) in [5.74, 6) is 0. The van der Waals surface area contributed by atoms with E-state index in [2.05, 4.69) is 33.6 Å². The highest BCUT2D eigenvalue weighted by atomic mass is 32.2. The second-order valence-electron chi connectivity index (χ2n) is 3.98. The average molecular weight is 270 g/mol. The van der Waals surface area contributed by atoms with Crippen molar-refractivity contribution in [2.45, 2.75) is 43.6 Å². The fourth-order valence-corrected chi connectivity index (χ4v) is 3.04. The van der Waals surface area contributed by atoms with Crippen molar-refractivity contribution in [2.75, 3.05) is 0 Å². The van der Waals surface area contributed by atoms with Gasteiger partial charge in [-0.05, 0) is 23.8 Å². The lowest BCUT2D eigenvalue weighted by atomic mass is 10.2. The summed E-state index contributed by atoms with van der Waals surface area (Å²) in [6, 6.07) is 0. The van der Waals surface area contributed by atoms with Crippen molar-refractivity contribution in [3.05, 3.63) is 36.8 Å². The molecule has 0 aliphatic carbocycles. The Labute approximate surface area is 114 Å². The van der Waals surface area contributed by atoms with Crippen LogP contribution in [0.4, 0.5) is 0 Å². The van der Waals surface area contributed by atoms with E-state index in [1.165, 1.54) is 17.8 Å². The number of hydrogen-bond acceptors (Lipinski definition) is 3. The Bertz CT molecular complexity index is 256. The SMILES string of the molecule is C=CC(=C)SC(C)CCCC(C)SC(=O)C=C. The first-order valence-electron chi connectivity index (χ1n) is 5.80. The molecule has 0 rings (SSSR count). The van der Waals surface area contributed by atoms with Gasteiger partial charge in [-0.3, -0.25) is 4.79 Å². The van der Waals surface area contributed by atoms with Crippen molar-refractivity contribution < 1.29 is 4.79 Å². The normalized spacial score (nSPS) is 13.8. The quantitative estimate of drug-likeness (QED) is 0.442. The zero-order valence-corrected chi connectivity index (χ0v) is 12.4. The summed E-state index contributed by atoms with van der Waals surface area (Å²) in [7, 11) is 0. The second kappa shape index (κ2) is 9.60. The Morgan fingerprint density at radius 1 is 1.12 bits per heavy atom. The van der Waals surface area contributed by atoms with Gasteiger partial charge in [-0.1, -0.05) is 57.8 Å². The van der Waals surface area contributed by atoms with Gasteiger partial charge in [0, 0.05) is 10.5 Å². The zero-order valence-electron chi connectivity index (χ0n) is 10.8. The Hall–Kier alpha value is -0.410. The van der Waals surface area contributed by atoms with Crippen molar-refractivity contribution >= 4 is 28.6 Å². The van der Waals surface area contributed by atoms with Crippen molar-refractivity contribution in [3.63, 3.8) is 0 Å². The standard InChI is InChI=1S/C14H22OS2/c1-6-11(3)16-12(4)9-8-10-13(5)17-14(15)7-2/h6-7,12-13H,1-3,8-10H2,4-5H3. The van der Waals surface area contributed by atoms with E-state index in [1.807, 2.05) is 0 Å². The molecule has 0 aliphatic rings. The van der Waals surface area contributed by atoms with E-state index in [0.29, 0.717) is 10.5 Å². The van der Waals surface area contributed by atoms with Crippen LogP contribution in [0.1, 0.15) is 33.1 Å². The number of allylic oxidation sites excluding steroid dienone is 1. The summed E-state index contributed by atoms with van der Waals surface area (Å²) in [5.41, 5.74) is 0. The molecule has 0 saturated heterocycles. The predicted molar refractivity (Wildman–Crippen MR) is 82.5 cm³/mol. The fraction of sp³-hybridized carbons (Fsp3) is 0.500. The molecule has 0 aromatic rings. The van der Waals surface area contributed by atoms with Gasteiger partial charge in [0.15, 0.2) is 0 Å². The maximum atomic E-state index is 11.1. The third kappa shape index (κ3) is 9.31. The van der Waals surface area contributed by atoms with Crippen LogP contribution in [0, 0.1) is 0 Å². The van der Waals surface area contributed by atoms with Gasteiger partial charge in [0.1, 0.15) is 0 Å². The Kier molecular flexibility index (Phi) is 9.37. The van der Waals surface area contributed by atoms with Crippen molar-refractivity contribution in [3.8, 4) is 0 Å². The smallest absolute Gasteiger partial charge is 0.211 e. The molecule has 2 atom stereocenters. The average Bonchev–Trinajstić information content (AvgIpc) is 2.28. The molecule has 0 bridgehead atoms. The minimum absolute atomic E-state index is 0.0694. The maximum Gasteiger partial charge on any atom is 0.211 e. The molecule has 0 amide bonds. The van der Waals surface area contributed by atoms with E-state index in [4.69, 9.17) is 0 Å². The fourth-order valence-electron chi connectivity index (χ4n) is 1.36. The van der Waals surface area contributed by atoms with E-state index < -0.39 is 0 Å². The predicted octanol–water partition coefficient (Wildman–Crippen LogP) is 4.81. The summed E-state index contributed by atoms with van der Waals surface area (Å²) in [6.07, 6.45) is 6.52. The zero-order chi connectivity index (χ0) is 13.3. The number of thioether (sulfide) groups is 2. The first-order valence-corrected chi connectivity index (χ1v) is 7.56. The van der Waals surface area contributed by atoms with E-state index in [1.54, 1.807) is 17.8 Å². The monoisotopic (exact) mass is 270 g/mol. The van der Waals surface area contributed by atoms with Crippen molar-refractivity contribution in [1.29, 1.82) is 0 Å². The third-order valence-electron chi connectivity index (χ3n) is 2.29. The Morgan fingerprint density at radius 3 is 2.12 bits per heavy atom. The summed E-state index contributed by atoms with van der Waals surface area (Å²) in [6.45, 7) is 15.3. The largest absolute Gasteiger partial charge is 0.282 e. The number of hydrogen-bond donors (Lipinski definition) is 0. The third-order valence-corrected chi connectivity index (χ3v) is 4.43. The lowest BCUT2D eigenvalue weighted by molar-refractivity contribution is -0.107. The minimum atomic E-state index is 0.0694. The molecular weight excluding hydrogens is 248 g/mol. The Balaban J connectivity index is 3.68. The molecule has 0 spiro atoms. The van der Waals surface area contributed by atoms with E-state index in [-0.39, 0.29) is 5.12 Å². The summed E-state index contributed by atoms with van der Waals surface area (Å²) < 4.78 is 0. The van der Waals surface area contributed by atoms with Crippen LogP contribution in [0.25, 0.3) is 0 Å². The first kappa shape index (κ1) is 16.6. The van der Waals surface area contributed by atoms with Crippen LogP contribution < -0.4 is 0 Å². The van der Waals surface area contributed by atoms with Crippen molar-refractivity contribution in [2.24, 2.45) is 0 Å². The van der Waals surface area contributed by atoms with Gasteiger partial charge < -0.3 is 0 Å². The van der Waals surface area contributed by atoms with Gasteiger partial charge in [-0.2, -0.15) is 0 Å². The summed E-state index contributed by atoms with van der Waals surface area (Å²) in [5, 5.41) is 1.01. The van der Waals surface area contributed by atoms with Crippen LogP contribution in [0.15, 0.2) is 36.8 Å². The van der Waals surface area contributed by atoms with Crippen LogP contribution in [-0.4, -0.2) is 15.6 Å². The molecule has 0 saturated carbocycles. The molecule has 0 aliphatic heterocycles. The molecule has 0 N–H and O–H groups in total. The van der Waals surface area contributed by atoms with Crippen LogP contribution in [-0.2, 0) is 4.79 Å². The Morgan fingerprint density at radius 2 is 1.65 bits per heavy atom. The molecule has 0 heterocycles. The van der Waals surface area contributed by atoms with Gasteiger partial charge in [0.2, 0.25) is 5.12 Å². The molecule has 0 radical (unpaired) electrons. The summed E-state index contributed by atoms with van der Waals surface area (Å²) >= 11 is 3.14. The second-order valence-corrected chi connectivity index (χ2v) is 6.99. The number of carbonyl (C=O) groups is 1. The highest BCUT2D eigenvalue weighted by Gasteiger charge is 2.09. The molecule has 17 heavy (non-hydrogen) atoms. The molecule has 1 nitrogen and oxygen atoms in total. The van der Waals surface area contributed by atoms with Gasteiger partial charge in [-0.25, -0.2) is 0 Å². The number of carbonyl (C=O) groups excluding carboxylic acids is 1. The van der Waals surface area contributed by atoms with Gasteiger partial charge in [-0.15, -0.1) is 11.8 Å². The molecule has 0 aromatic carbocycles.